The van der Waals surface area contributed by atoms with Crippen LogP contribution in [0.4, 0.5) is 4.79 Å². The molecule has 0 unspecified atom stereocenters. The SMILES string of the molecule is CCOC(=O)NC(=S)C(C)C. The zero-order valence-corrected chi connectivity index (χ0v) is 7.83. The summed E-state index contributed by atoms with van der Waals surface area (Å²) in [5.74, 6) is 0.175. The first-order valence-electron chi connectivity index (χ1n) is 3.55. The standard InChI is InChI=1S/C7H13NO2S/c1-4-10-7(9)8-6(11)5(2)3/h5H,4H2,1-3H3,(H,8,9,11). The molecule has 0 rings (SSSR count). The maximum absolute atomic E-state index is 10.7. The van der Waals surface area contributed by atoms with Crippen molar-refractivity contribution in [2.45, 2.75) is 20.8 Å². The number of hydrogen-bond acceptors (Lipinski definition) is 3. The van der Waals surface area contributed by atoms with Gasteiger partial charge in [-0.25, -0.2) is 4.79 Å². The van der Waals surface area contributed by atoms with E-state index >= 15 is 0 Å². The van der Waals surface area contributed by atoms with Crippen LogP contribution in [0.25, 0.3) is 0 Å². The van der Waals surface area contributed by atoms with E-state index in [2.05, 4.69) is 10.1 Å². The molecule has 0 saturated heterocycles. The third-order valence-corrected chi connectivity index (χ3v) is 1.60. The lowest BCUT2D eigenvalue weighted by molar-refractivity contribution is 0.157. The molecule has 0 aromatic heterocycles. The van der Waals surface area contributed by atoms with Gasteiger partial charge in [-0.3, -0.25) is 5.32 Å². The molecule has 4 heteroatoms. The summed E-state index contributed by atoms with van der Waals surface area (Å²) in [6, 6.07) is 0. The van der Waals surface area contributed by atoms with Crippen molar-refractivity contribution in [3.8, 4) is 0 Å². The summed E-state index contributed by atoms with van der Waals surface area (Å²) in [6.45, 7) is 5.94. The van der Waals surface area contributed by atoms with Gasteiger partial charge in [0.05, 0.1) is 11.6 Å². The molecule has 0 atom stereocenters. The molecule has 0 aliphatic heterocycles. The van der Waals surface area contributed by atoms with Crippen molar-refractivity contribution in [1.82, 2.24) is 5.32 Å². The number of carbonyl (C=O) groups is 1. The third-order valence-electron chi connectivity index (χ3n) is 1.03. The summed E-state index contributed by atoms with van der Waals surface area (Å²) in [5, 5.41) is 2.45. The highest BCUT2D eigenvalue weighted by atomic mass is 32.1. The molecular formula is C7H13NO2S. The molecular weight excluding hydrogens is 162 g/mol. The lowest BCUT2D eigenvalue weighted by Crippen LogP contribution is -2.32. The molecule has 0 radical (unpaired) electrons. The highest BCUT2D eigenvalue weighted by Gasteiger charge is 2.06. The lowest BCUT2D eigenvalue weighted by Gasteiger charge is -2.08. The van der Waals surface area contributed by atoms with Crippen molar-refractivity contribution in [1.29, 1.82) is 0 Å². The van der Waals surface area contributed by atoms with Gasteiger partial charge in [0.1, 0.15) is 0 Å². The van der Waals surface area contributed by atoms with Crippen LogP contribution in [0.2, 0.25) is 0 Å². The van der Waals surface area contributed by atoms with Crippen molar-refractivity contribution in [3.05, 3.63) is 0 Å². The average molecular weight is 175 g/mol. The van der Waals surface area contributed by atoms with E-state index in [0.29, 0.717) is 11.6 Å². The van der Waals surface area contributed by atoms with Gasteiger partial charge in [-0.15, -0.1) is 0 Å². The molecule has 3 nitrogen and oxygen atoms in total. The van der Waals surface area contributed by atoms with Crippen LogP contribution in [0.15, 0.2) is 0 Å². The summed E-state index contributed by atoms with van der Waals surface area (Å²) >= 11 is 4.86. The summed E-state index contributed by atoms with van der Waals surface area (Å²) in [7, 11) is 0. The van der Waals surface area contributed by atoms with Crippen LogP contribution in [0.1, 0.15) is 20.8 Å². The van der Waals surface area contributed by atoms with E-state index in [1.807, 2.05) is 13.8 Å². The zero-order chi connectivity index (χ0) is 8.85. The molecule has 0 aromatic carbocycles. The minimum Gasteiger partial charge on any atom is -0.450 e. The number of rotatable bonds is 2. The van der Waals surface area contributed by atoms with Gasteiger partial charge in [-0.1, -0.05) is 26.1 Å². The Morgan fingerprint density at radius 1 is 1.64 bits per heavy atom. The van der Waals surface area contributed by atoms with Crippen LogP contribution in [0, 0.1) is 5.92 Å². The van der Waals surface area contributed by atoms with E-state index in [1.54, 1.807) is 6.92 Å². The van der Waals surface area contributed by atoms with Crippen LogP contribution in [-0.4, -0.2) is 17.7 Å². The number of amides is 1. The van der Waals surface area contributed by atoms with E-state index < -0.39 is 6.09 Å². The molecule has 0 aliphatic carbocycles. The first-order chi connectivity index (χ1) is 5.07. The van der Waals surface area contributed by atoms with Crippen molar-refractivity contribution in [2.75, 3.05) is 6.61 Å². The molecule has 0 fully saturated rings. The fourth-order valence-corrected chi connectivity index (χ4v) is 0.495. The maximum atomic E-state index is 10.7. The first kappa shape index (κ1) is 10.4. The fraction of sp³-hybridized carbons (Fsp3) is 0.714. The average Bonchev–Trinajstić information content (AvgIpc) is 1.87. The highest BCUT2D eigenvalue weighted by molar-refractivity contribution is 7.80. The van der Waals surface area contributed by atoms with Gasteiger partial charge in [0.25, 0.3) is 0 Å². The van der Waals surface area contributed by atoms with E-state index in [9.17, 15) is 4.79 Å². The van der Waals surface area contributed by atoms with Gasteiger partial charge in [-0.05, 0) is 6.92 Å². The predicted molar refractivity (Wildman–Crippen MR) is 47.6 cm³/mol. The Bertz CT molecular complexity index is 157. The number of hydrogen-bond donors (Lipinski definition) is 1. The second kappa shape index (κ2) is 5.07. The minimum atomic E-state index is -0.466. The molecule has 0 heterocycles. The van der Waals surface area contributed by atoms with Crippen LogP contribution in [0.3, 0.4) is 0 Å². The van der Waals surface area contributed by atoms with Gasteiger partial charge in [0.15, 0.2) is 0 Å². The van der Waals surface area contributed by atoms with Crippen LogP contribution in [-0.2, 0) is 4.74 Å². The molecule has 0 bridgehead atoms. The number of alkyl carbamates (subject to hydrolysis) is 1. The van der Waals surface area contributed by atoms with E-state index in [0.717, 1.165) is 0 Å². The Kier molecular flexibility index (Phi) is 4.77. The smallest absolute Gasteiger partial charge is 0.412 e. The number of carbonyl (C=O) groups excluding carboxylic acids is 1. The maximum Gasteiger partial charge on any atom is 0.412 e. The molecule has 0 saturated carbocycles. The van der Waals surface area contributed by atoms with Crippen LogP contribution < -0.4 is 5.32 Å². The minimum absolute atomic E-state index is 0.175. The van der Waals surface area contributed by atoms with Gasteiger partial charge in [0, 0.05) is 5.92 Å². The van der Waals surface area contributed by atoms with Crippen molar-refractivity contribution in [3.63, 3.8) is 0 Å². The van der Waals surface area contributed by atoms with Gasteiger partial charge in [-0.2, -0.15) is 0 Å². The van der Waals surface area contributed by atoms with E-state index in [1.165, 1.54) is 0 Å². The second-order valence-corrected chi connectivity index (χ2v) is 2.80. The summed E-state index contributed by atoms with van der Waals surface area (Å²) in [4.78, 5) is 11.3. The van der Waals surface area contributed by atoms with E-state index in [4.69, 9.17) is 12.2 Å². The van der Waals surface area contributed by atoms with Gasteiger partial charge < -0.3 is 4.74 Å². The van der Waals surface area contributed by atoms with Crippen molar-refractivity contribution in [2.24, 2.45) is 5.92 Å². The van der Waals surface area contributed by atoms with Gasteiger partial charge in [0.2, 0.25) is 0 Å². The Morgan fingerprint density at radius 2 is 2.18 bits per heavy atom. The molecule has 64 valence electrons. The van der Waals surface area contributed by atoms with Crippen LogP contribution >= 0.6 is 12.2 Å². The second-order valence-electron chi connectivity index (χ2n) is 2.36. The number of nitrogens with one attached hydrogen (secondary N) is 1. The Morgan fingerprint density at radius 3 is 2.55 bits per heavy atom. The molecule has 0 aromatic rings. The Labute approximate surface area is 72.1 Å². The highest BCUT2D eigenvalue weighted by Crippen LogP contribution is 1.93. The van der Waals surface area contributed by atoms with Gasteiger partial charge >= 0.3 is 6.09 Å². The Hall–Kier alpha value is -0.640. The largest absolute Gasteiger partial charge is 0.450 e. The summed E-state index contributed by atoms with van der Waals surface area (Å²) in [5.41, 5.74) is 0. The molecule has 0 spiro atoms. The number of thiocarbonyl (C=S) groups is 1. The monoisotopic (exact) mass is 175 g/mol. The van der Waals surface area contributed by atoms with Crippen molar-refractivity contribution < 1.29 is 9.53 Å². The topological polar surface area (TPSA) is 38.3 Å². The molecule has 1 amide bonds. The fourth-order valence-electron chi connectivity index (χ4n) is 0.412. The number of ether oxygens (including phenoxy) is 1. The molecule has 11 heavy (non-hydrogen) atoms. The lowest BCUT2D eigenvalue weighted by atomic mass is 10.2. The molecule has 0 aliphatic rings. The summed E-state index contributed by atoms with van der Waals surface area (Å²) in [6.07, 6.45) is -0.466. The van der Waals surface area contributed by atoms with Crippen LogP contribution in [0.5, 0.6) is 0 Å². The normalized spacial score (nSPS) is 9.45. The summed E-state index contributed by atoms with van der Waals surface area (Å²) < 4.78 is 4.63. The van der Waals surface area contributed by atoms with Crippen molar-refractivity contribution >= 4 is 23.3 Å². The Balaban J connectivity index is 3.67. The molecule has 1 N–H and O–H groups in total. The first-order valence-corrected chi connectivity index (χ1v) is 3.96. The quantitative estimate of drug-likeness (QED) is 0.649. The van der Waals surface area contributed by atoms with E-state index in [-0.39, 0.29) is 5.92 Å². The zero-order valence-electron chi connectivity index (χ0n) is 7.01. The predicted octanol–water partition coefficient (Wildman–Crippen LogP) is 1.72. The third kappa shape index (κ3) is 4.72.